The lowest BCUT2D eigenvalue weighted by Crippen LogP contribution is -2.31. The lowest BCUT2D eigenvalue weighted by atomic mass is 10.1. The van der Waals surface area contributed by atoms with Crippen LogP contribution in [0.3, 0.4) is 0 Å². The number of nitrogens with two attached hydrogens (primary N) is 1. The number of nitrogen functional groups attached to an aromatic ring is 1. The normalized spacial score (nSPS) is 10.4. The van der Waals surface area contributed by atoms with Gasteiger partial charge in [-0.2, -0.15) is 5.10 Å². The second-order valence-corrected chi connectivity index (χ2v) is 45.7. The lowest BCUT2D eigenvalue weighted by molar-refractivity contribution is -0.386. The first-order valence-electron chi connectivity index (χ1n) is 44.7. The molecule has 5 N–H and O–H groups in total. The van der Waals surface area contributed by atoms with E-state index < -0.39 is 66.7 Å². The molecule has 0 fully saturated rings. The van der Waals surface area contributed by atoms with Gasteiger partial charge in [0.25, 0.3) is 0 Å². The number of carbonyl (C=O) groups is 3. The maximum Gasteiger partial charge on any atom is 0.384 e. The summed E-state index contributed by atoms with van der Waals surface area (Å²) in [6, 6.07) is 59.5. The van der Waals surface area contributed by atoms with E-state index in [9.17, 15) is 77.1 Å². The number of nitrogens with zero attached hydrogens (tertiary/aromatic N) is 11. The summed E-state index contributed by atoms with van der Waals surface area (Å²) in [5.74, 6) is 3.98. The van der Waals surface area contributed by atoms with Gasteiger partial charge in [0.1, 0.15) is 77.3 Å². The van der Waals surface area contributed by atoms with Gasteiger partial charge >= 0.3 is 29.3 Å². The average Bonchev–Trinajstić information content (AvgIpc) is 1.59. The number of aryl methyl sites for hydroxylation is 2. The molecule has 0 aliphatic carbocycles. The van der Waals surface area contributed by atoms with Crippen molar-refractivity contribution in [1.29, 1.82) is 0 Å². The number of fused-ring (bicyclic) bond motifs is 1. The van der Waals surface area contributed by atoms with Crippen LogP contribution in [0.1, 0.15) is 111 Å². The maximum atomic E-state index is 13.3. The third-order valence-corrected chi connectivity index (χ3v) is 25.8. The number of carbonyl (C=O) groups excluding carboxylic acids is 3. The Morgan fingerprint density at radius 3 is 1.36 bits per heavy atom. The zero-order valence-corrected chi connectivity index (χ0v) is 92.3. The van der Waals surface area contributed by atoms with Crippen LogP contribution < -0.4 is 33.3 Å². The number of aliphatic hydroxyl groups excluding tert-OH is 2. The predicted molar refractivity (Wildman–Crippen MR) is 581 cm³/mol. The van der Waals surface area contributed by atoms with Crippen LogP contribution in [-0.4, -0.2) is 186 Å². The Balaban J connectivity index is 0.000000565. The van der Waals surface area contributed by atoms with E-state index in [-0.39, 0.29) is 61.5 Å². The Morgan fingerprint density at radius 2 is 0.980 bits per heavy atom. The van der Waals surface area contributed by atoms with E-state index in [1.807, 2.05) is 148 Å². The number of nitro groups is 2. The number of ether oxygens (including phenoxy) is 6. The van der Waals surface area contributed by atoms with Gasteiger partial charge < -0.3 is 44.4 Å². The third-order valence-electron chi connectivity index (χ3n) is 18.7. The van der Waals surface area contributed by atoms with Gasteiger partial charge in [-0.05, 0) is 139 Å². The first kappa shape index (κ1) is 130. The van der Waals surface area contributed by atoms with E-state index >= 15 is 0 Å². The van der Waals surface area contributed by atoms with Crippen LogP contribution in [0.2, 0.25) is 23.2 Å². The number of anilines is 4. The number of halogens is 5. The number of hydrogen-bond donors (Lipinski definition) is 4. The summed E-state index contributed by atoms with van der Waals surface area (Å²) in [5, 5.41) is 43.1. The van der Waals surface area contributed by atoms with Crippen molar-refractivity contribution < 1.29 is 105 Å². The summed E-state index contributed by atoms with van der Waals surface area (Å²) in [6.45, 7) is 25.3. The molecule has 13 rings (SSSR count). The minimum absolute atomic E-state index is 0.111. The Hall–Kier alpha value is -14.0. The molecule has 0 atom stereocenters. The lowest BCUT2D eigenvalue weighted by Gasteiger charge is -2.23. The van der Waals surface area contributed by atoms with Crippen molar-refractivity contribution in [1.82, 2.24) is 34.5 Å². The molecule has 0 amide bonds. The number of alkyl halides is 1. The molecule has 0 unspecified atom stereocenters. The van der Waals surface area contributed by atoms with Crippen LogP contribution >= 0.6 is 38.2 Å². The number of aromatic nitrogens is 7. The minimum Gasteiger partial charge on any atom is -0.487 e. The molecular weight excluding hydrogens is 2120 g/mol. The number of esters is 3. The molecule has 46 heteroatoms. The molecule has 7 heterocycles. The van der Waals surface area contributed by atoms with E-state index in [4.69, 9.17) is 46.5 Å². The van der Waals surface area contributed by atoms with Crippen LogP contribution in [0.4, 0.5) is 42.9 Å². The Kier molecular flexibility index (Phi) is 60.8. The number of sulfonamides is 3. The van der Waals surface area contributed by atoms with Crippen molar-refractivity contribution in [3.8, 4) is 40.3 Å². The van der Waals surface area contributed by atoms with Gasteiger partial charge in [0, 0.05) is 111 Å². The molecule has 7 aromatic heterocycles. The molecule has 0 spiro atoms. The number of nitrogens with one attached hydrogen (secondary N) is 1. The SMILES string of the molecule is CCCN(c1cn2nc(-c3ccc(F)cc3)c(C(=O)OC)c2cc1C)S(C)(=O)=O.CCCN(c1cnccc1C)S(C)(=O)=O.CCOC(C)=O.COC(=O)C#Cc1ccc(F)cc1.CS(=O)(=O)Cl.CS(=O)(=O)Nc1cnccc1OCc1ccccc1.C[SiH](C)C(C)(C)C.Nc1cnccc1OCc1ccccc1.O=[N+]([O-])c1cnccc1Cl.O=[N+]([O-])c1cnccc1OCc1ccccc1.OCCBr.OCc1ccccc1. The quantitative estimate of drug-likeness (QED) is 0.00571. The van der Waals surface area contributed by atoms with E-state index in [0.29, 0.717) is 118 Å². The molecule has 36 nitrogen and oxygen atoms in total. The largest absolute Gasteiger partial charge is 0.487 e. The Morgan fingerprint density at radius 1 is 0.574 bits per heavy atom. The standard InChI is InChI=1S/C20H22FN3O4S.C13H14N2O3S.C12H10N2O3.C12H12N2O.C10H7FO2.C10H16N2O2S.C7H8O.C6H16Si.C5H3ClN2O2.C4H8O2.C2H5BrO.CH3ClO2S/c1-5-10-24(29(4,26)27)17-12-23-16(11-13(17)2)18(20(25)28-3)19(22-23)14-6-8-15(21)9-7-14;1-19(16,17)15-12-9-14-8-7-13(12)18-10-11-5-3-2-4-6-11;15-14(16)11-8-13-7-6-12(11)17-9-10-4-2-1-3-5-10;13-11-8-14-7-6-12(11)15-9-10-4-2-1-3-5-10;1-13-10(12)7-4-8-2-5-9(11)6-3-8;1-4-7-12(15(3,13)14)10-8-11-6-5-9(10)2;8-6-7-4-2-1-3-5-7;1-6(2,3)7(4)5;6-4-1-2-7-3-5(4)8(9)10;1-3-6-4(2)5;3-1-2-4;1-5(2,3)4/h6-9,11-12H,5,10H2,1-4H3;2-9,15H,10H2,1H3;1-8H,9H2;1-8H,9,13H2;2-3,5-6H,1H3;5-6,8H,4,7H2,1-3H3;1-5,8H,6H2;7H,1-5H3;1-3H;3H2,1-2H3;4H,1-2H2;1H3. The topological polar surface area (TPSA) is 496 Å². The van der Waals surface area contributed by atoms with Crippen LogP contribution in [-0.2, 0) is 89.3 Å². The second-order valence-electron chi connectivity index (χ2n) is 31.8. The van der Waals surface area contributed by atoms with Crippen LogP contribution in [0, 0.1) is 57.6 Å². The molecule has 13 aromatic rings. The van der Waals surface area contributed by atoms with Crippen LogP contribution in [0.15, 0.2) is 274 Å². The molecule has 0 saturated carbocycles. The highest BCUT2D eigenvalue weighted by atomic mass is 79.9. The van der Waals surface area contributed by atoms with Crippen molar-refractivity contribution in [2.75, 3.05) is 89.9 Å². The molecule has 0 aliphatic rings. The zero-order chi connectivity index (χ0) is 111. The van der Waals surface area contributed by atoms with Crippen molar-refractivity contribution in [2.45, 2.75) is 120 Å². The smallest absolute Gasteiger partial charge is 0.384 e. The number of rotatable bonds is 26. The van der Waals surface area contributed by atoms with Gasteiger partial charge in [0.2, 0.25) is 44.9 Å². The summed E-state index contributed by atoms with van der Waals surface area (Å²) in [6.07, 6.45) is 22.0. The van der Waals surface area contributed by atoms with Crippen molar-refractivity contribution in [3.05, 3.63) is 356 Å². The highest BCUT2D eigenvalue weighted by Crippen LogP contribution is 2.34. The van der Waals surface area contributed by atoms with E-state index in [2.05, 4.69) is 117 Å². The molecule has 0 radical (unpaired) electrons. The summed E-state index contributed by atoms with van der Waals surface area (Å²) in [4.78, 5) is 71.6. The highest BCUT2D eigenvalue weighted by Gasteiger charge is 2.27. The highest BCUT2D eigenvalue weighted by molar-refractivity contribution is 9.09. The summed E-state index contributed by atoms with van der Waals surface area (Å²) >= 11 is 8.44. The van der Waals surface area contributed by atoms with E-state index in [1.165, 1.54) is 126 Å². The Labute approximate surface area is 883 Å². The Bertz CT molecular complexity index is 6770. The van der Waals surface area contributed by atoms with Gasteiger partial charge in [0.05, 0.1) is 116 Å². The molecule has 148 heavy (non-hydrogen) atoms. The van der Waals surface area contributed by atoms with E-state index in [0.717, 1.165) is 59.2 Å². The average molecular weight is 2250 g/mol. The van der Waals surface area contributed by atoms with Gasteiger partial charge in [0.15, 0.2) is 0 Å². The summed E-state index contributed by atoms with van der Waals surface area (Å²) in [7, 11) is -6.58. The predicted octanol–water partition coefficient (Wildman–Crippen LogP) is 19.4. The number of hydrogen-bond acceptors (Lipinski definition) is 30. The van der Waals surface area contributed by atoms with Gasteiger partial charge in [-0.25, -0.2) is 56.6 Å². The fourth-order valence-corrected chi connectivity index (χ4v) is 13.6. The second kappa shape index (κ2) is 69.2. The molecule has 798 valence electrons. The first-order chi connectivity index (χ1) is 69.8. The summed E-state index contributed by atoms with van der Waals surface area (Å²) < 4.78 is 151. The molecule has 6 aromatic carbocycles. The molecule has 0 aliphatic heterocycles. The van der Waals surface area contributed by atoms with Gasteiger partial charge in [-0.3, -0.25) is 63.3 Å². The van der Waals surface area contributed by atoms with Crippen LogP contribution in [0.25, 0.3) is 16.8 Å². The zero-order valence-electron chi connectivity index (χ0n) is 84.8. The number of methoxy groups -OCH3 is 2. The van der Waals surface area contributed by atoms with E-state index in [1.54, 1.807) is 69.2 Å². The fourth-order valence-electron chi connectivity index (χ4n) is 10.8. The summed E-state index contributed by atoms with van der Waals surface area (Å²) in [5.41, 5.74) is 15.3. The maximum absolute atomic E-state index is 13.3. The van der Waals surface area contributed by atoms with Crippen LogP contribution in [0.5, 0.6) is 17.2 Å². The number of pyridine rings is 6. The molecular formula is C102H124BrCl2F2N13O23S4Si. The van der Waals surface area contributed by atoms with Crippen molar-refractivity contribution >= 4 is 144 Å². The molecule has 0 saturated heterocycles. The number of benzene rings is 6. The van der Waals surface area contributed by atoms with Gasteiger partial charge in [-0.1, -0.05) is 202 Å². The van der Waals surface area contributed by atoms with Crippen molar-refractivity contribution in [2.24, 2.45) is 0 Å². The van der Waals surface area contributed by atoms with Crippen molar-refractivity contribution in [3.63, 3.8) is 0 Å². The molecule has 0 bridgehead atoms. The monoisotopic (exact) mass is 2240 g/mol. The first-order valence-corrected chi connectivity index (χ1v) is 57.4. The number of aliphatic hydroxyl groups is 2. The third kappa shape index (κ3) is 54.4. The minimum atomic E-state index is -3.49. The fraction of sp³-hybridized carbons (Fsp3) is 0.284. The van der Waals surface area contributed by atoms with Gasteiger partial charge in [-0.15, -0.1) is 0 Å².